The van der Waals surface area contributed by atoms with Crippen LogP contribution in [0.4, 0.5) is 0 Å². The van der Waals surface area contributed by atoms with Crippen LogP contribution in [0.3, 0.4) is 0 Å². The zero-order valence-electron chi connectivity index (χ0n) is 8.18. The number of rotatable bonds is 3. The number of nitrogens with zero attached hydrogens (tertiary/aromatic N) is 2. The first-order chi connectivity index (χ1) is 6.38. The third-order valence-corrected chi connectivity index (χ3v) is 2.21. The molecule has 0 N–H and O–H groups in total. The van der Waals surface area contributed by atoms with E-state index in [1.54, 1.807) is 12.4 Å². The zero-order chi connectivity index (χ0) is 10.8. The highest BCUT2D eigenvalue weighted by atomic mass is 32.2. The van der Waals surface area contributed by atoms with E-state index in [2.05, 4.69) is 61.7 Å². The van der Waals surface area contributed by atoms with Crippen molar-refractivity contribution < 1.29 is 0 Å². The van der Waals surface area contributed by atoms with Crippen molar-refractivity contribution >= 4 is 37.9 Å². The van der Waals surface area contributed by atoms with Gasteiger partial charge in [-0.05, 0) is 5.92 Å². The number of aromatic nitrogens is 2. The van der Waals surface area contributed by atoms with Crippen molar-refractivity contribution in [2.45, 2.75) is 29.6 Å². The van der Waals surface area contributed by atoms with Gasteiger partial charge in [-0.25, -0.2) is 0 Å². The topological polar surface area (TPSA) is 25.8 Å². The lowest BCUT2D eigenvalue weighted by molar-refractivity contribution is 0.799. The third-order valence-electron chi connectivity index (χ3n) is 1.74. The van der Waals surface area contributed by atoms with Crippen LogP contribution in [0.25, 0.3) is 0 Å². The van der Waals surface area contributed by atoms with Crippen LogP contribution in [0, 0.1) is 0 Å². The van der Waals surface area contributed by atoms with E-state index in [0.29, 0.717) is 12.3 Å². The second kappa shape index (κ2) is 4.77. The van der Waals surface area contributed by atoms with Crippen LogP contribution < -0.4 is 0 Å². The van der Waals surface area contributed by atoms with Gasteiger partial charge in [-0.3, -0.25) is 9.97 Å². The van der Waals surface area contributed by atoms with E-state index in [9.17, 15) is 0 Å². The fraction of sp³-hybridized carbons (Fsp3) is 0.556. The van der Waals surface area contributed by atoms with Crippen molar-refractivity contribution in [3.63, 3.8) is 0 Å². The molecule has 0 bridgehead atoms. The van der Waals surface area contributed by atoms with E-state index in [1.165, 1.54) is 0 Å². The van der Waals surface area contributed by atoms with Crippen LogP contribution in [0.2, 0.25) is 0 Å². The average Bonchev–Trinajstić information content (AvgIpc) is 2.02. The summed E-state index contributed by atoms with van der Waals surface area (Å²) >= 11 is 12.6. The van der Waals surface area contributed by atoms with Gasteiger partial charge in [-0.1, -0.05) is 13.8 Å². The standard InChI is InChI=1S/C9H14N2S3/c1-6(2)8-5-10-7(4-11-8)3-9(12,13)14/h4-6,12-14H,3H2,1-2H3. The van der Waals surface area contributed by atoms with Crippen LogP contribution in [0.1, 0.15) is 31.2 Å². The molecule has 0 saturated heterocycles. The smallest absolute Gasteiger partial charge is 0.104 e. The molecule has 5 heteroatoms. The SMILES string of the molecule is CC(C)c1cnc(CC(S)(S)S)cn1. The lowest BCUT2D eigenvalue weighted by Gasteiger charge is -2.14. The molecule has 1 aromatic heterocycles. The highest BCUT2D eigenvalue weighted by Crippen LogP contribution is 2.27. The summed E-state index contributed by atoms with van der Waals surface area (Å²) in [4.78, 5) is 8.57. The minimum absolute atomic E-state index is 0.407. The fourth-order valence-corrected chi connectivity index (χ4v) is 1.48. The first-order valence-electron chi connectivity index (χ1n) is 4.36. The van der Waals surface area contributed by atoms with Crippen LogP contribution in [0.15, 0.2) is 12.4 Å². The molecular formula is C9H14N2S3. The molecule has 78 valence electrons. The lowest BCUT2D eigenvalue weighted by atomic mass is 10.1. The Kier molecular flexibility index (Phi) is 4.15. The summed E-state index contributed by atoms with van der Waals surface area (Å²) in [6, 6.07) is 0. The molecule has 1 rings (SSSR count). The van der Waals surface area contributed by atoms with Crippen LogP contribution in [-0.4, -0.2) is 13.4 Å². The number of hydrogen-bond acceptors (Lipinski definition) is 5. The van der Waals surface area contributed by atoms with Crippen molar-refractivity contribution in [1.82, 2.24) is 9.97 Å². The summed E-state index contributed by atoms with van der Waals surface area (Å²) in [5.74, 6) is 0.407. The maximum atomic E-state index is 4.30. The molecule has 0 radical (unpaired) electrons. The van der Waals surface area contributed by atoms with E-state index >= 15 is 0 Å². The van der Waals surface area contributed by atoms with Gasteiger partial charge < -0.3 is 0 Å². The summed E-state index contributed by atoms with van der Waals surface area (Å²) in [6.07, 6.45) is 4.13. The van der Waals surface area contributed by atoms with E-state index in [0.717, 1.165) is 11.4 Å². The normalized spacial score (nSPS) is 12.1. The van der Waals surface area contributed by atoms with Gasteiger partial charge in [0.2, 0.25) is 0 Å². The molecule has 0 aliphatic carbocycles. The summed E-state index contributed by atoms with van der Waals surface area (Å²) in [6.45, 7) is 4.17. The molecule has 0 aliphatic heterocycles. The Morgan fingerprint density at radius 3 is 2.21 bits per heavy atom. The molecule has 0 atom stereocenters. The van der Waals surface area contributed by atoms with Crippen LogP contribution in [-0.2, 0) is 6.42 Å². The predicted octanol–water partition coefficient (Wildman–Crippen LogP) is 2.59. The molecule has 0 saturated carbocycles. The molecular weight excluding hydrogens is 232 g/mol. The van der Waals surface area contributed by atoms with E-state index in [4.69, 9.17) is 0 Å². The Hall–Kier alpha value is 0.130. The molecule has 1 heterocycles. The van der Waals surface area contributed by atoms with Crippen molar-refractivity contribution in [1.29, 1.82) is 0 Å². The first kappa shape index (κ1) is 12.2. The van der Waals surface area contributed by atoms with Gasteiger partial charge in [0, 0.05) is 18.8 Å². The minimum atomic E-state index is -0.631. The second-order valence-electron chi connectivity index (χ2n) is 3.54. The Morgan fingerprint density at radius 1 is 1.21 bits per heavy atom. The fourth-order valence-electron chi connectivity index (χ4n) is 0.997. The van der Waals surface area contributed by atoms with Crippen molar-refractivity contribution in [2.75, 3.05) is 0 Å². The Balaban J connectivity index is 2.74. The zero-order valence-corrected chi connectivity index (χ0v) is 10.9. The van der Waals surface area contributed by atoms with E-state index in [1.807, 2.05) is 0 Å². The van der Waals surface area contributed by atoms with Gasteiger partial charge in [0.05, 0.1) is 11.4 Å². The van der Waals surface area contributed by atoms with Gasteiger partial charge in [-0.15, -0.1) is 0 Å². The van der Waals surface area contributed by atoms with Gasteiger partial charge in [0.25, 0.3) is 0 Å². The third kappa shape index (κ3) is 4.11. The van der Waals surface area contributed by atoms with Gasteiger partial charge in [0.1, 0.15) is 3.41 Å². The predicted molar refractivity (Wildman–Crippen MR) is 69.5 cm³/mol. The summed E-state index contributed by atoms with van der Waals surface area (Å²) in [7, 11) is 0. The molecule has 0 spiro atoms. The molecule has 0 unspecified atom stereocenters. The quantitative estimate of drug-likeness (QED) is 0.564. The van der Waals surface area contributed by atoms with E-state index in [-0.39, 0.29) is 0 Å². The lowest BCUT2D eigenvalue weighted by Crippen LogP contribution is -2.09. The minimum Gasteiger partial charge on any atom is -0.258 e. The maximum Gasteiger partial charge on any atom is 0.104 e. The monoisotopic (exact) mass is 246 g/mol. The summed E-state index contributed by atoms with van der Waals surface area (Å²) < 4.78 is -0.631. The number of thiol groups is 3. The van der Waals surface area contributed by atoms with Crippen LogP contribution in [0.5, 0.6) is 0 Å². The largest absolute Gasteiger partial charge is 0.258 e. The number of hydrogen-bond donors (Lipinski definition) is 3. The Bertz CT molecular complexity index is 290. The highest BCUT2D eigenvalue weighted by Gasteiger charge is 2.15. The average molecular weight is 246 g/mol. The van der Waals surface area contributed by atoms with Gasteiger partial charge in [-0.2, -0.15) is 37.9 Å². The Morgan fingerprint density at radius 2 is 1.86 bits per heavy atom. The summed E-state index contributed by atoms with van der Waals surface area (Å²) in [5.41, 5.74) is 1.85. The van der Waals surface area contributed by atoms with Gasteiger partial charge >= 0.3 is 0 Å². The van der Waals surface area contributed by atoms with Gasteiger partial charge in [0.15, 0.2) is 0 Å². The van der Waals surface area contributed by atoms with E-state index < -0.39 is 3.41 Å². The molecule has 0 amide bonds. The molecule has 0 aliphatic rings. The first-order valence-corrected chi connectivity index (χ1v) is 5.70. The molecule has 0 fully saturated rings. The van der Waals surface area contributed by atoms with Crippen LogP contribution >= 0.6 is 37.9 Å². The maximum absolute atomic E-state index is 4.30. The van der Waals surface area contributed by atoms with Crippen molar-refractivity contribution in [2.24, 2.45) is 0 Å². The second-order valence-corrected chi connectivity index (χ2v) is 6.89. The molecule has 2 nitrogen and oxygen atoms in total. The Labute approximate surface area is 101 Å². The summed E-state index contributed by atoms with van der Waals surface area (Å²) in [5, 5.41) is 0. The molecule has 0 aromatic carbocycles. The van der Waals surface area contributed by atoms with Crippen molar-refractivity contribution in [3.8, 4) is 0 Å². The molecule has 1 aromatic rings. The van der Waals surface area contributed by atoms with Crippen molar-refractivity contribution in [3.05, 3.63) is 23.8 Å². The highest BCUT2D eigenvalue weighted by molar-refractivity contribution is 8.16. The molecule has 14 heavy (non-hydrogen) atoms.